The zero-order valence-electron chi connectivity index (χ0n) is 19.4. The molecule has 2 saturated heterocycles. The SMILES string of the molecule is CCCC1C(=O)N(C2CCCCC2)C(=O)N1C(C)C(=O)N1C(C(=O)O)CC2CCCCC21. The van der Waals surface area contributed by atoms with E-state index in [0.29, 0.717) is 12.8 Å². The van der Waals surface area contributed by atoms with Gasteiger partial charge in [-0.2, -0.15) is 0 Å². The topological polar surface area (TPSA) is 98.2 Å². The molecule has 4 fully saturated rings. The van der Waals surface area contributed by atoms with Gasteiger partial charge in [-0.1, -0.05) is 45.4 Å². The molecular weight excluding hydrogens is 410 g/mol. The minimum Gasteiger partial charge on any atom is -0.480 e. The van der Waals surface area contributed by atoms with Crippen molar-refractivity contribution < 1.29 is 24.3 Å². The number of urea groups is 1. The molecule has 1 N–H and O–H groups in total. The summed E-state index contributed by atoms with van der Waals surface area (Å²) in [4.78, 5) is 57.0. The van der Waals surface area contributed by atoms with Crippen molar-refractivity contribution in [3.05, 3.63) is 0 Å². The van der Waals surface area contributed by atoms with Gasteiger partial charge in [-0.05, 0) is 51.4 Å². The number of carboxylic acid groups (broad SMARTS) is 1. The lowest BCUT2D eigenvalue weighted by molar-refractivity contribution is -0.152. The second-order valence-corrected chi connectivity index (χ2v) is 10.1. The van der Waals surface area contributed by atoms with Gasteiger partial charge in [0.2, 0.25) is 5.91 Å². The Hall–Kier alpha value is -2.12. The Morgan fingerprint density at radius 2 is 1.69 bits per heavy atom. The van der Waals surface area contributed by atoms with Crippen molar-refractivity contribution in [2.24, 2.45) is 5.92 Å². The summed E-state index contributed by atoms with van der Waals surface area (Å²) in [6.45, 7) is 3.65. The van der Waals surface area contributed by atoms with E-state index in [2.05, 4.69) is 0 Å². The van der Waals surface area contributed by atoms with Gasteiger partial charge >= 0.3 is 12.0 Å². The standard InChI is InChI=1S/C24H37N3O5/c1-3-9-19-22(29)26(17-11-5-4-6-12-17)24(32)25(19)15(2)21(28)27-18-13-8-7-10-16(18)14-20(27)23(30)31/h15-20H,3-14H2,1-2H3,(H,30,31). The summed E-state index contributed by atoms with van der Waals surface area (Å²) in [5, 5.41) is 9.83. The second-order valence-electron chi connectivity index (χ2n) is 10.1. The van der Waals surface area contributed by atoms with Crippen LogP contribution in [0.2, 0.25) is 0 Å². The van der Waals surface area contributed by atoms with E-state index < -0.39 is 24.1 Å². The van der Waals surface area contributed by atoms with Crippen LogP contribution in [0.4, 0.5) is 4.79 Å². The Kier molecular flexibility index (Phi) is 6.77. The molecule has 0 bridgehead atoms. The van der Waals surface area contributed by atoms with Crippen LogP contribution in [0.15, 0.2) is 0 Å². The van der Waals surface area contributed by atoms with Crippen LogP contribution in [0, 0.1) is 5.92 Å². The summed E-state index contributed by atoms with van der Waals surface area (Å²) in [5.41, 5.74) is 0. The molecular formula is C24H37N3O5. The molecule has 0 aromatic rings. The highest BCUT2D eigenvalue weighted by Crippen LogP contribution is 2.41. The van der Waals surface area contributed by atoms with E-state index in [-0.39, 0.29) is 35.8 Å². The van der Waals surface area contributed by atoms with E-state index in [0.717, 1.165) is 64.2 Å². The largest absolute Gasteiger partial charge is 0.480 e. The van der Waals surface area contributed by atoms with Crippen molar-refractivity contribution in [3.63, 3.8) is 0 Å². The Morgan fingerprint density at radius 3 is 2.34 bits per heavy atom. The summed E-state index contributed by atoms with van der Waals surface area (Å²) in [5.74, 6) is -1.27. The van der Waals surface area contributed by atoms with Crippen LogP contribution in [0.1, 0.15) is 90.9 Å². The number of nitrogens with zero attached hydrogens (tertiary/aromatic N) is 3. The molecule has 178 valence electrons. The molecule has 0 aromatic heterocycles. The fourth-order valence-electron chi connectivity index (χ4n) is 6.61. The molecule has 2 aliphatic carbocycles. The Bertz CT molecular complexity index is 765. The molecule has 2 saturated carbocycles. The average Bonchev–Trinajstić information content (AvgIpc) is 3.29. The number of aliphatic carboxylic acids is 1. The number of hydrogen-bond donors (Lipinski definition) is 1. The number of hydrogen-bond acceptors (Lipinski definition) is 4. The first kappa shape index (κ1) is 23.1. The first-order valence-electron chi connectivity index (χ1n) is 12.6. The molecule has 32 heavy (non-hydrogen) atoms. The number of carbonyl (C=O) groups is 4. The van der Waals surface area contributed by atoms with Crippen molar-refractivity contribution in [1.82, 2.24) is 14.7 Å². The summed E-state index contributed by atoms with van der Waals surface area (Å²) < 4.78 is 0. The van der Waals surface area contributed by atoms with Gasteiger partial charge in [-0.25, -0.2) is 9.59 Å². The van der Waals surface area contributed by atoms with Gasteiger partial charge in [-0.15, -0.1) is 0 Å². The Morgan fingerprint density at radius 1 is 1.03 bits per heavy atom. The molecule has 5 unspecified atom stereocenters. The quantitative estimate of drug-likeness (QED) is 0.630. The third-order valence-corrected chi connectivity index (χ3v) is 8.19. The van der Waals surface area contributed by atoms with Crippen LogP contribution in [0.5, 0.6) is 0 Å². The highest BCUT2D eigenvalue weighted by Gasteiger charge is 2.54. The average molecular weight is 448 g/mol. The molecule has 0 radical (unpaired) electrons. The van der Waals surface area contributed by atoms with Crippen LogP contribution < -0.4 is 0 Å². The first-order chi connectivity index (χ1) is 15.4. The highest BCUT2D eigenvalue weighted by atomic mass is 16.4. The van der Waals surface area contributed by atoms with Gasteiger partial charge in [0.05, 0.1) is 0 Å². The lowest BCUT2D eigenvalue weighted by atomic mass is 9.84. The van der Waals surface area contributed by atoms with E-state index in [9.17, 15) is 24.3 Å². The predicted molar refractivity (Wildman–Crippen MR) is 118 cm³/mol. The fourth-order valence-corrected chi connectivity index (χ4v) is 6.61. The van der Waals surface area contributed by atoms with Gasteiger partial charge < -0.3 is 14.9 Å². The van der Waals surface area contributed by atoms with E-state index in [1.165, 1.54) is 9.80 Å². The molecule has 0 aromatic carbocycles. The third kappa shape index (κ3) is 3.90. The number of likely N-dealkylation sites (tertiary alicyclic amines) is 1. The number of amides is 4. The smallest absolute Gasteiger partial charge is 0.328 e. The fraction of sp³-hybridized carbons (Fsp3) is 0.833. The summed E-state index contributed by atoms with van der Waals surface area (Å²) in [7, 11) is 0. The van der Waals surface area contributed by atoms with Gasteiger partial charge in [-0.3, -0.25) is 14.5 Å². The minimum absolute atomic E-state index is 0.0766. The number of carbonyl (C=O) groups excluding carboxylic acids is 3. The summed E-state index contributed by atoms with van der Waals surface area (Å²) in [6.07, 6.45) is 10.3. The van der Waals surface area contributed by atoms with Gasteiger partial charge in [0.25, 0.3) is 5.91 Å². The number of rotatable bonds is 6. The maximum Gasteiger partial charge on any atom is 0.328 e. The van der Waals surface area contributed by atoms with Crippen molar-refractivity contribution in [2.75, 3.05) is 0 Å². The van der Waals surface area contributed by atoms with Crippen molar-refractivity contribution in [2.45, 2.75) is 121 Å². The highest BCUT2D eigenvalue weighted by molar-refractivity contribution is 6.06. The lowest BCUT2D eigenvalue weighted by Gasteiger charge is -2.37. The molecule has 8 heteroatoms. The molecule has 4 rings (SSSR count). The molecule has 5 atom stereocenters. The summed E-state index contributed by atoms with van der Waals surface area (Å²) in [6, 6.07) is -2.86. The van der Waals surface area contributed by atoms with Crippen LogP contribution in [0.25, 0.3) is 0 Å². The maximum absolute atomic E-state index is 13.7. The Labute approximate surface area is 190 Å². The molecule has 2 heterocycles. The van der Waals surface area contributed by atoms with Crippen molar-refractivity contribution in [3.8, 4) is 0 Å². The first-order valence-corrected chi connectivity index (χ1v) is 12.6. The van der Waals surface area contributed by atoms with Crippen LogP contribution >= 0.6 is 0 Å². The molecule has 8 nitrogen and oxygen atoms in total. The molecule has 4 amide bonds. The number of imide groups is 1. The number of carboxylic acids is 1. The summed E-state index contributed by atoms with van der Waals surface area (Å²) >= 11 is 0. The molecule has 0 spiro atoms. The van der Waals surface area contributed by atoms with Crippen LogP contribution in [-0.4, -0.2) is 73.8 Å². The van der Waals surface area contributed by atoms with Gasteiger partial charge in [0, 0.05) is 12.1 Å². The Balaban J connectivity index is 1.60. The van der Waals surface area contributed by atoms with Crippen LogP contribution in [-0.2, 0) is 14.4 Å². The molecule has 2 aliphatic heterocycles. The number of fused-ring (bicyclic) bond motifs is 1. The van der Waals surface area contributed by atoms with E-state index in [1.807, 2.05) is 6.92 Å². The third-order valence-electron chi connectivity index (χ3n) is 8.19. The normalized spacial score (nSPS) is 32.4. The zero-order valence-corrected chi connectivity index (χ0v) is 19.4. The maximum atomic E-state index is 13.7. The second kappa shape index (κ2) is 9.40. The van der Waals surface area contributed by atoms with E-state index in [1.54, 1.807) is 11.8 Å². The van der Waals surface area contributed by atoms with Crippen LogP contribution in [0.3, 0.4) is 0 Å². The zero-order chi connectivity index (χ0) is 23.0. The van der Waals surface area contributed by atoms with E-state index >= 15 is 0 Å². The van der Waals surface area contributed by atoms with Gasteiger partial charge in [0.1, 0.15) is 18.1 Å². The van der Waals surface area contributed by atoms with Gasteiger partial charge in [0.15, 0.2) is 0 Å². The lowest BCUT2D eigenvalue weighted by Crippen LogP contribution is -2.56. The predicted octanol–water partition coefficient (Wildman–Crippen LogP) is 3.38. The minimum atomic E-state index is -0.974. The van der Waals surface area contributed by atoms with Crippen molar-refractivity contribution in [1.29, 1.82) is 0 Å². The van der Waals surface area contributed by atoms with E-state index in [4.69, 9.17) is 0 Å². The molecule has 4 aliphatic rings. The monoisotopic (exact) mass is 447 g/mol. The van der Waals surface area contributed by atoms with Crippen molar-refractivity contribution >= 4 is 23.8 Å².